The zero-order chi connectivity index (χ0) is 21.2. The molecular weight excluding hydrogens is 380 g/mol. The Bertz CT molecular complexity index is 817. The van der Waals surface area contributed by atoms with Crippen molar-refractivity contribution in [2.45, 2.75) is 6.92 Å². The van der Waals surface area contributed by atoms with Gasteiger partial charge in [0, 0.05) is 57.3 Å². The summed E-state index contributed by atoms with van der Waals surface area (Å²) in [7, 11) is 1.68. The molecule has 8 heteroatoms. The third-order valence-corrected chi connectivity index (χ3v) is 4.93. The SMILES string of the molecule is CCNC(=NCCNC(=O)c1cccnc1)N1CCN(c2ccc(OC)cc2)CC1. The van der Waals surface area contributed by atoms with E-state index in [9.17, 15) is 4.79 Å². The second kappa shape index (κ2) is 11.0. The number of ether oxygens (including phenoxy) is 1. The molecular formula is C22H30N6O2. The zero-order valence-electron chi connectivity index (χ0n) is 17.7. The van der Waals surface area contributed by atoms with Gasteiger partial charge in [0.05, 0.1) is 19.2 Å². The van der Waals surface area contributed by atoms with Gasteiger partial charge >= 0.3 is 0 Å². The van der Waals surface area contributed by atoms with Crippen LogP contribution in [0, 0.1) is 0 Å². The molecule has 0 radical (unpaired) electrons. The summed E-state index contributed by atoms with van der Waals surface area (Å²) in [5.41, 5.74) is 1.76. The third kappa shape index (κ3) is 5.85. The Morgan fingerprint density at radius 1 is 1.13 bits per heavy atom. The molecule has 1 saturated heterocycles. The monoisotopic (exact) mass is 410 g/mol. The Balaban J connectivity index is 1.49. The van der Waals surface area contributed by atoms with Gasteiger partial charge in [-0.1, -0.05) is 0 Å². The number of carbonyl (C=O) groups excluding carboxylic acids is 1. The summed E-state index contributed by atoms with van der Waals surface area (Å²) < 4.78 is 5.24. The Kier molecular flexibility index (Phi) is 7.88. The van der Waals surface area contributed by atoms with Crippen molar-refractivity contribution in [3.8, 4) is 5.75 Å². The molecule has 0 atom stereocenters. The van der Waals surface area contributed by atoms with Crippen LogP contribution in [-0.2, 0) is 0 Å². The predicted molar refractivity (Wildman–Crippen MR) is 119 cm³/mol. The molecule has 2 aromatic rings. The maximum atomic E-state index is 12.1. The van der Waals surface area contributed by atoms with E-state index in [1.54, 1.807) is 31.6 Å². The van der Waals surface area contributed by atoms with E-state index in [1.807, 2.05) is 12.1 Å². The van der Waals surface area contributed by atoms with E-state index < -0.39 is 0 Å². The molecule has 160 valence electrons. The van der Waals surface area contributed by atoms with E-state index in [2.05, 4.69) is 49.5 Å². The van der Waals surface area contributed by atoms with Crippen molar-refractivity contribution < 1.29 is 9.53 Å². The van der Waals surface area contributed by atoms with Crippen LogP contribution >= 0.6 is 0 Å². The van der Waals surface area contributed by atoms with E-state index >= 15 is 0 Å². The van der Waals surface area contributed by atoms with Gasteiger partial charge in [-0.2, -0.15) is 0 Å². The summed E-state index contributed by atoms with van der Waals surface area (Å²) in [6.07, 6.45) is 3.21. The van der Waals surface area contributed by atoms with E-state index in [1.165, 1.54) is 5.69 Å². The topological polar surface area (TPSA) is 82.1 Å². The minimum Gasteiger partial charge on any atom is -0.497 e. The molecule has 1 aromatic heterocycles. The van der Waals surface area contributed by atoms with Crippen molar-refractivity contribution >= 4 is 17.6 Å². The second-order valence-electron chi connectivity index (χ2n) is 6.91. The van der Waals surface area contributed by atoms with Crippen LogP contribution in [0.2, 0.25) is 0 Å². The highest BCUT2D eigenvalue weighted by atomic mass is 16.5. The molecule has 1 aromatic carbocycles. The van der Waals surface area contributed by atoms with Gasteiger partial charge in [0.25, 0.3) is 5.91 Å². The lowest BCUT2D eigenvalue weighted by molar-refractivity contribution is 0.0954. The van der Waals surface area contributed by atoms with Crippen molar-refractivity contribution in [3.05, 3.63) is 54.4 Å². The maximum Gasteiger partial charge on any atom is 0.252 e. The molecule has 8 nitrogen and oxygen atoms in total. The average Bonchev–Trinajstić information content (AvgIpc) is 2.81. The molecule has 2 N–H and O–H groups in total. The minimum absolute atomic E-state index is 0.128. The van der Waals surface area contributed by atoms with Crippen LogP contribution < -0.4 is 20.3 Å². The van der Waals surface area contributed by atoms with E-state index in [-0.39, 0.29) is 5.91 Å². The van der Waals surface area contributed by atoms with E-state index in [0.29, 0.717) is 18.7 Å². The van der Waals surface area contributed by atoms with Gasteiger partial charge in [-0.3, -0.25) is 14.8 Å². The number of nitrogens with zero attached hydrogens (tertiary/aromatic N) is 4. The molecule has 3 rings (SSSR count). The number of pyridine rings is 1. The second-order valence-corrected chi connectivity index (χ2v) is 6.91. The van der Waals surface area contributed by atoms with Gasteiger partial charge in [-0.05, 0) is 43.3 Å². The number of hydrogen-bond donors (Lipinski definition) is 2. The van der Waals surface area contributed by atoms with Crippen molar-refractivity contribution in [2.24, 2.45) is 4.99 Å². The first-order chi connectivity index (χ1) is 14.7. The predicted octanol–water partition coefficient (Wildman–Crippen LogP) is 1.61. The smallest absolute Gasteiger partial charge is 0.252 e. The Labute approximate surface area is 178 Å². The van der Waals surface area contributed by atoms with Gasteiger partial charge in [0.1, 0.15) is 5.75 Å². The first-order valence-electron chi connectivity index (χ1n) is 10.3. The number of methoxy groups -OCH3 is 1. The Hall–Kier alpha value is -3.29. The molecule has 0 spiro atoms. The van der Waals surface area contributed by atoms with Crippen molar-refractivity contribution in [1.29, 1.82) is 0 Å². The lowest BCUT2D eigenvalue weighted by Crippen LogP contribution is -2.52. The molecule has 0 bridgehead atoms. The summed E-state index contributed by atoms with van der Waals surface area (Å²) in [5.74, 6) is 1.63. The van der Waals surface area contributed by atoms with Gasteiger partial charge in [0.15, 0.2) is 5.96 Å². The lowest BCUT2D eigenvalue weighted by atomic mass is 10.2. The number of rotatable bonds is 7. The van der Waals surface area contributed by atoms with Crippen molar-refractivity contribution in [2.75, 3.05) is 57.8 Å². The number of piperazine rings is 1. The quantitative estimate of drug-likeness (QED) is 0.410. The first-order valence-corrected chi connectivity index (χ1v) is 10.3. The number of benzene rings is 1. The summed E-state index contributed by atoms with van der Waals surface area (Å²) >= 11 is 0. The number of anilines is 1. The van der Waals surface area contributed by atoms with Crippen LogP contribution in [0.1, 0.15) is 17.3 Å². The van der Waals surface area contributed by atoms with E-state index in [4.69, 9.17) is 4.74 Å². The van der Waals surface area contributed by atoms with Crippen molar-refractivity contribution in [1.82, 2.24) is 20.5 Å². The first kappa shape index (κ1) is 21.4. The highest BCUT2D eigenvalue weighted by Crippen LogP contribution is 2.20. The molecule has 0 saturated carbocycles. The number of amides is 1. The number of hydrogen-bond acceptors (Lipinski definition) is 5. The number of nitrogens with one attached hydrogen (secondary N) is 2. The third-order valence-electron chi connectivity index (χ3n) is 4.93. The van der Waals surface area contributed by atoms with Gasteiger partial charge in [0.2, 0.25) is 0 Å². The summed E-state index contributed by atoms with van der Waals surface area (Å²) in [4.78, 5) is 25.4. The van der Waals surface area contributed by atoms with Gasteiger partial charge in [-0.25, -0.2) is 0 Å². The summed E-state index contributed by atoms with van der Waals surface area (Å²) in [6, 6.07) is 11.7. The molecule has 1 amide bonds. The van der Waals surface area contributed by atoms with Crippen LogP contribution in [0.4, 0.5) is 5.69 Å². The van der Waals surface area contributed by atoms with Crippen LogP contribution in [-0.4, -0.2) is 74.7 Å². The average molecular weight is 411 g/mol. The standard InChI is InChI=1S/C22H30N6O2/c1-3-24-22(26-12-11-25-21(29)18-5-4-10-23-17-18)28-15-13-27(14-16-28)19-6-8-20(30-2)9-7-19/h4-10,17H,3,11-16H2,1-2H3,(H,24,26)(H,25,29). The Morgan fingerprint density at radius 2 is 1.90 bits per heavy atom. The number of carbonyl (C=O) groups is 1. The Morgan fingerprint density at radius 3 is 2.53 bits per heavy atom. The van der Waals surface area contributed by atoms with Crippen LogP contribution in [0.15, 0.2) is 53.8 Å². The lowest BCUT2D eigenvalue weighted by Gasteiger charge is -2.37. The molecule has 1 fully saturated rings. The van der Waals surface area contributed by atoms with Crippen molar-refractivity contribution in [3.63, 3.8) is 0 Å². The van der Waals surface area contributed by atoms with Gasteiger partial charge < -0.3 is 25.2 Å². The molecule has 0 aliphatic carbocycles. The van der Waals surface area contributed by atoms with E-state index in [0.717, 1.165) is 44.4 Å². The fourth-order valence-corrected chi connectivity index (χ4v) is 3.33. The number of aliphatic imine (C=N–C) groups is 1. The van der Waals surface area contributed by atoms with Crippen LogP contribution in [0.25, 0.3) is 0 Å². The number of guanidine groups is 1. The highest BCUT2D eigenvalue weighted by molar-refractivity contribution is 5.93. The fourth-order valence-electron chi connectivity index (χ4n) is 3.33. The van der Waals surface area contributed by atoms with Gasteiger partial charge in [-0.15, -0.1) is 0 Å². The van der Waals surface area contributed by atoms with Crippen LogP contribution in [0.5, 0.6) is 5.75 Å². The minimum atomic E-state index is -0.128. The number of aromatic nitrogens is 1. The molecule has 0 unspecified atom stereocenters. The summed E-state index contributed by atoms with van der Waals surface area (Å²) in [5, 5.41) is 6.25. The highest BCUT2D eigenvalue weighted by Gasteiger charge is 2.19. The summed E-state index contributed by atoms with van der Waals surface area (Å²) in [6.45, 7) is 7.50. The molecule has 1 aliphatic heterocycles. The molecule has 30 heavy (non-hydrogen) atoms. The maximum absolute atomic E-state index is 12.1. The largest absolute Gasteiger partial charge is 0.497 e. The molecule has 2 heterocycles. The fraction of sp³-hybridized carbons (Fsp3) is 0.409. The molecule has 1 aliphatic rings. The van der Waals surface area contributed by atoms with Crippen LogP contribution in [0.3, 0.4) is 0 Å². The normalized spacial score (nSPS) is 14.4. The zero-order valence-corrected chi connectivity index (χ0v) is 17.7.